The number of hydrogen-bond donors (Lipinski definition) is 3. The van der Waals surface area contributed by atoms with Crippen molar-refractivity contribution < 1.29 is 27.7 Å². The third-order valence-corrected chi connectivity index (χ3v) is 3.40. The first-order valence-electron chi connectivity index (χ1n) is 5.21. The number of aliphatic carboxylic acids is 1. The first-order valence-corrected chi connectivity index (χ1v) is 6.65. The van der Waals surface area contributed by atoms with Gasteiger partial charge in [0.05, 0.1) is 12.1 Å². The van der Waals surface area contributed by atoms with Gasteiger partial charge in [-0.25, -0.2) is 4.79 Å². The van der Waals surface area contributed by atoms with E-state index in [0.29, 0.717) is 5.01 Å². The van der Waals surface area contributed by atoms with E-state index in [1.807, 2.05) is 0 Å². The molecule has 20 heavy (non-hydrogen) atoms. The van der Waals surface area contributed by atoms with E-state index in [4.69, 9.17) is 15.4 Å². The van der Waals surface area contributed by atoms with Crippen LogP contribution in [0.2, 0.25) is 0 Å². The maximum atomic E-state index is 11.7. The second-order valence-corrected chi connectivity index (χ2v) is 5.33. The zero-order valence-electron chi connectivity index (χ0n) is 9.85. The zero-order valence-corrected chi connectivity index (χ0v) is 10.7. The average molecular weight is 299 g/mol. The highest BCUT2D eigenvalue weighted by Crippen LogP contribution is 2.30. The fourth-order valence-corrected chi connectivity index (χ4v) is 2.35. The Morgan fingerprint density at radius 1 is 1.40 bits per heavy atom. The van der Waals surface area contributed by atoms with E-state index >= 15 is 0 Å². The number of rotatable bonds is 3. The predicted octanol–water partition coefficient (Wildman–Crippen LogP) is -0.307. The van der Waals surface area contributed by atoms with E-state index < -0.39 is 39.0 Å². The lowest BCUT2D eigenvalue weighted by molar-refractivity contribution is -0.129. The van der Waals surface area contributed by atoms with Gasteiger partial charge in [-0.15, -0.1) is 0 Å². The molecule has 1 aromatic carbocycles. The van der Waals surface area contributed by atoms with Crippen molar-refractivity contribution in [1.82, 2.24) is 0 Å². The van der Waals surface area contributed by atoms with Crippen LogP contribution in [-0.4, -0.2) is 35.7 Å². The van der Waals surface area contributed by atoms with Crippen LogP contribution in [0.4, 0.5) is 11.4 Å². The summed E-state index contributed by atoms with van der Waals surface area (Å²) in [4.78, 5) is 21.8. The van der Waals surface area contributed by atoms with E-state index in [1.165, 1.54) is 6.07 Å². The summed E-state index contributed by atoms with van der Waals surface area (Å²) >= 11 is 0. The number of amides is 1. The van der Waals surface area contributed by atoms with E-state index in [-0.39, 0.29) is 11.4 Å². The van der Waals surface area contributed by atoms with Crippen LogP contribution < -0.4 is 10.7 Å². The molecule has 1 aromatic rings. The standard InChI is InChI=1S/C10H9N3O6S/c11-5-1-2-7(8(3-5)20(17,18)19)13-9(14)4-6(12-13)10(15)16/h1-3H,4,11H2,(H,15,16)(H,17,18,19). The van der Waals surface area contributed by atoms with Crippen LogP contribution in [0.1, 0.15) is 6.42 Å². The third-order valence-electron chi connectivity index (χ3n) is 2.51. The lowest BCUT2D eigenvalue weighted by Gasteiger charge is -2.15. The van der Waals surface area contributed by atoms with Crippen LogP contribution in [-0.2, 0) is 19.7 Å². The number of benzene rings is 1. The summed E-state index contributed by atoms with van der Waals surface area (Å²) in [5.41, 5.74) is 4.79. The minimum absolute atomic E-state index is 0.0514. The number of hydrogen-bond acceptors (Lipinski definition) is 6. The van der Waals surface area contributed by atoms with Crippen LogP contribution in [0, 0.1) is 0 Å². The molecule has 2 rings (SSSR count). The Bertz CT molecular complexity index is 739. The molecule has 1 aliphatic heterocycles. The average Bonchev–Trinajstić information content (AvgIpc) is 2.70. The first-order chi connectivity index (χ1) is 9.20. The van der Waals surface area contributed by atoms with E-state index in [1.54, 1.807) is 0 Å². The van der Waals surface area contributed by atoms with Crippen molar-refractivity contribution in [1.29, 1.82) is 0 Å². The van der Waals surface area contributed by atoms with Crippen LogP contribution in [0.25, 0.3) is 0 Å². The van der Waals surface area contributed by atoms with Gasteiger partial charge < -0.3 is 10.8 Å². The Kier molecular flexibility index (Phi) is 3.19. The molecular weight excluding hydrogens is 290 g/mol. The van der Waals surface area contributed by atoms with Crippen molar-refractivity contribution in [3.05, 3.63) is 18.2 Å². The van der Waals surface area contributed by atoms with Gasteiger partial charge in [0.15, 0.2) is 5.71 Å². The molecule has 0 atom stereocenters. The Hall–Kier alpha value is -2.46. The predicted molar refractivity (Wildman–Crippen MR) is 67.8 cm³/mol. The van der Waals surface area contributed by atoms with E-state index in [2.05, 4.69) is 5.10 Å². The van der Waals surface area contributed by atoms with Gasteiger partial charge in [-0.1, -0.05) is 0 Å². The van der Waals surface area contributed by atoms with Crippen molar-refractivity contribution in [2.24, 2.45) is 5.10 Å². The normalized spacial score (nSPS) is 15.3. The van der Waals surface area contributed by atoms with Gasteiger partial charge >= 0.3 is 5.97 Å². The third kappa shape index (κ3) is 2.46. The molecule has 0 aliphatic carbocycles. The van der Waals surface area contributed by atoms with Gasteiger partial charge in [0, 0.05) is 5.69 Å². The SMILES string of the molecule is Nc1ccc(N2N=C(C(=O)O)CC2=O)c(S(=O)(=O)O)c1. The van der Waals surface area contributed by atoms with E-state index in [9.17, 15) is 18.0 Å². The maximum absolute atomic E-state index is 11.7. The van der Waals surface area contributed by atoms with Gasteiger partial charge in [-0.05, 0) is 18.2 Å². The number of carboxylic acids is 1. The van der Waals surface area contributed by atoms with Gasteiger partial charge in [0.1, 0.15) is 4.90 Å². The smallest absolute Gasteiger partial charge is 0.352 e. The minimum Gasteiger partial charge on any atom is -0.477 e. The topological polar surface area (TPSA) is 150 Å². The highest BCUT2D eigenvalue weighted by Gasteiger charge is 2.32. The summed E-state index contributed by atoms with van der Waals surface area (Å²) in [5.74, 6) is -2.11. The molecule has 10 heteroatoms. The fourth-order valence-electron chi connectivity index (χ4n) is 1.65. The van der Waals surface area contributed by atoms with Gasteiger partial charge in [-0.3, -0.25) is 9.35 Å². The molecule has 0 radical (unpaired) electrons. The summed E-state index contributed by atoms with van der Waals surface area (Å²) in [6.45, 7) is 0. The van der Waals surface area contributed by atoms with Gasteiger partial charge in [-0.2, -0.15) is 18.5 Å². The highest BCUT2D eigenvalue weighted by atomic mass is 32.2. The zero-order chi connectivity index (χ0) is 15.1. The molecule has 0 fully saturated rings. The van der Waals surface area contributed by atoms with Crippen molar-refractivity contribution in [2.45, 2.75) is 11.3 Å². The van der Waals surface area contributed by atoms with Crippen molar-refractivity contribution in [2.75, 3.05) is 10.7 Å². The molecule has 106 valence electrons. The van der Waals surface area contributed by atoms with Gasteiger partial charge in [0.25, 0.3) is 16.0 Å². The Morgan fingerprint density at radius 2 is 2.05 bits per heavy atom. The Balaban J connectivity index is 2.60. The van der Waals surface area contributed by atoms with Crippen molar-refractivity contribution in [3.8, 4) is 0 Å². The number of carboxylic acid groups (broad SMARTS) is 1. The number of nitrogens with zero attached hydrogens (tertiary/aromatic N) is 2. The molecule has 0 saturated heterocycles. The number of nitrogen functional groups attached to an aromatic ring is 1. The summed E-state index contributed by atoms with van der Waals surface area (Å²) in [6, 6.07) is 3.41. The second-order valence-electron chi connectivity index (χ2n) is 3.94. The number of carbonyl (C=O) groups is 2. The molecule has 0 unspecified atom stereocenters. The van der Waals surface area contributed by atoms with Crippen LogP contribution in [0.5, 0.6) is 0 Å². The van der Waals surface area contributed by atoms with Crippen LogP contribution >= 0.6 is 0 Å². The monoisotopic (exact) mass is 299 g/mol. The Morgan fingerprint density at radius 3 is 2.55 bits per heavy atom. The summed E-state index contributed by atoms with van der Waals surface area (Å²) in [5, 5.41) is 12.9. The molecular formula is C10H9N3O6S. The molecule has 4 N–H and O–H groups in total. The second kappa shape index (κ2) is 4.58. The van der Waals surface area contributed by atoms with Crippen LogP contribution in [0.3, 0.4) is 0 Å². The fraction of sp³-hybridized carbons (Fsp3) is 0.100. The number of carbonyl (C=O) groups excluding carboxylic acids is 1. The van der Waals surface area contributed by atoms with Crippen LogP contribution in [0.15, 0.2) is 28.2 Å². The molecule has 9 nitrogen and oxygen atoms in total. The Labute approximate surface area is 113 Å². The molecule has 1 amide bonds. The number of anilines is 2. The number of hydrazone groups is 1. The summed E-state index contributed by atoms with van der Waals surface area (Å²) < 4.78 is 31.7. The minimum atomic E-state index is -4.65. The van der Waals surface area contributed by atoms with Crippen molar-refractivity contribution >= 4 is 39.1 Å². The molecule has 0 aromatic heterocycles. The largest absolute Gasteiger partial charge is 0.477 e. The quantitative estimate of drug-likeness (QED) is 0.511. The molecule has 1 heterocycles. The molecule has 1 aliphatic rings. The lowest BCUT2D eigenvalue weighted by Crippen LogP contribution is -2.22. The summed E-state index contributed by atoms with van der Waals surface area (Å²) in [7, 11) is -4.65. The van der Waals surface area contributed by atoms with E-state index in [0.717, 1.165) is 12.1 Å². The molecule has 0 saturated carbocycles. The summed E-state index contributed by atoms with van der Waals surface area (Å²) in [6.07, 6.45) is -0.468. The molecule has 0 bridgehead atoms. The number of nitrogens with two attached hydrogens (primary N) is 1. The lowest BCUT2D eigenvalue weighted by atomic mass is 10.2. The highest BCUT2D eigenvalue weighted by molar-refractivity contribution is 7.86. The maximum Gasteiger partial charge on any atom is 0.352 e. The first kappa shape index (κ1) is 14.0. The molecule has 0 spiro atoms. The van der Waals surface area contributed by atoms with Gasteiger partial charge in [0.2, 0.25) is 0 Å². The van der Waals surface area contributed by atoms with Crippen molar-refractivity contribution in [3.63, 3.8) is 0 Å².